The van der Waals surface area contributed by atoms with Crippen LogP contribution in [0.3, 0.4) is 0 Å². The highest BCUT2D eigenvalue weighted by Gasteiger charge is 2.21. The fourth-order valence-electron chi connectivity index (χ4n) is 2.21. The van der Waals surface area contributed by atoms with Gasteiger partial charge >= 0.3 is 0 Å². The number of benzene rings is 1. The van der Waals surface area contributed by atoms with Gasteiger partial charge in [-0.1, -0.05) is 30.3 Å². The molecule has 2 aromatic rings. The number of carbonyl (C=O) groups is 1. The van der Waals surface area contributed by atoms with Crippen LogP contribution in [0.25, 0.3) is 0 Å². The number of rotatable bonds is 6. The Labute approximate surface area is 119 Å². The zero-order chi connectivity index (χ0) is 14.4. The molecule has 1 atom stereocenters. The zero-order valence-electron chi connectivity index (χ0n) is 11.9. The maximum atomic E-state index is 12.4. The summed E-state index contributed by atoms with van der Waals surface area (Å²) in [4.78, 5) is 17.0. The molecule has 2 rings (SSSR count). The second-order valence-corrected chi connectivity index (χ2v) is 4.80. The van der Waals surface area contributed by atoms with Crippen LogP contribution in [0.4, 0.5) is 0 Å². The summed E-state index contributed by atoms with van der Waals surface area (Å²) < 4.78 is 5.26. The number of aromatic nitrogens is 1. The van der Waals surface area contributed by atoms with Crippen molar-refractivity contribution < 1.29 is 9.53 Å². The number of carbonyl (C=O) groups excluding carboxylic acids is 1. The second kappa shape index (κ2) is 6.91. The molecular formula is C16H20N2O2. The zero-order valence-corrected chi connectivity index (χ0v) is 11.9. The molecule has 0 aliphatic heterocycles. The lowest BCUT2D eigenvalue weighted by atomic mass is 10.1. The van der Waals surface area contributed by atoms with Crippen molar-refractivity contribution in [3.63, 3.8) is 0 Å². The van der Waals surface area contributed by atoms with E-state index in [1.165, 1.54) is 5.56 Å². The van der Waals surface area contributed by atoms with E-state index in [1.807, 2.05) is 31.3 Å². The average Bonchev–Trinajstić information content (AvgIpc) is 3.00. The minimum absolute atomic E-state index is 0.0122. The van der Waals surface area contributed by atoms with Crippen LogP contribution in [0.1, 0.15) is 16.1 Å². The van der Waals surface area contributed by atoms with Gasteiger partial charge in [-0.3, -0.25) is 4.79 Å². The Morgan fingerprint density at radius 3 is 2.60 bits per heavy atom. The minimum atomic E-state index is -0.0204. The fraction of sp³-hybridized carbons (Fsp3) is 0.312. The summed E-state index contributed by atoms with van der Waals surface area (Å²) in [7, 11) is 3.47. The van der Waals surface area contributed by atoms with Gasteiger partial charge in [-0.2, -0.15) is 0 Å². The van der Waals surface area contributed by atoms with E-state index in [0.29, 0.717) is 12.3 Å². The molecule has 0 spiro atoms. The predicted octanol–water partition coefficient (Wildman–Crippen LogP) is 2.34. The van der Waals surface area contributed by atoms with Crippen LogP contribution in [0.5, 0.6) is 0 Å². The van der Waals surface area contributed by atoms with Crippen LogP contribution in [-0.4, -0.2) is 42.6 Å². The standard InChI is InChI=1S/C16H20N2O2/c1-18(16(19)15-9-6-10-17-15)14(12-20-2)11-13-7-4-3-5-8-13/h3-10,14,17H,11-12H2,1-2H3. The van der Waals surface area contributed by atoms with Gasteiger partial charge in [-0.05, 0) is 24.1 Å². The number of likely N-dealkylation sites (N-methyl/N-ethyl adjacent to an activating group) is 1. The maximum absolute atomic E-state index is 12.4. The monoisotopic (exact) mass is 272 g/mol. The largest absolute Gasteiger partial charge is 0.383 e. The van der Waals surface area contributed by atoms with Crippen LogP contribution in [0.2, 0.25) is 0 Å². The maximum Gasteiger partial charge on any atom is 0.270 e. The van der Waals surface area contributed by atoms with Crippen LogP contribution in [0, 0.1) is 0 Å². The smallest absolute Gasteiger partial charge is 0.270 e. The first kappa shape index (κ1) is 14.3. The Hall–Kier alpha value is -2.07. The molecule has 0 bridgehead atoms. The number of H-pyrrole nitrogens is 1. The highest BCUT2D eigenvalue weighted by molar-refractivity contribution is 5.92. The molecule has 4 nitrogen and oxygen atoms in total. The van der Waals surface area contributed by atoms with Gasteiger partial charge in [0.2, 0.25) is 0 Å². The number of aromatic amines is 1. The average molecular weight is 272 g/mol. The third-order valence-electron chi connectivity index (χ3n) is 3.37. The Balaban J connectivity index is 2.09. The third-order valence-corrected chi connectivity index (χ3v) is 3.37. The molecule has 1 unspecified atom stereocenters. The molecule has 0 fully saturated rings. The first-order valence-corrected chi connectivity index (χ1v) is 6.65. The first-order valence-electron chi connectivity index (χ1n) is 6.65. The summed E-state index contributed by atoms with van der Waals surface area (Å²) in [5.74, 6) is -0.0204. The topological polar surface area (TPSA) is 45.3 Å². The van der Waals surface area contributed by atoms with Crippen molar-refractivity contribution in [1.29, 1.82) is 0 Å². The summed E-state index contributed by atoms with van der Waals surface area (Å²) in [6, 6.07) is 13.7. The van der Waals surface area contributed by atoms with Crippen molar-refractivity contribution in [2.24, 2.45) is 0 Å². The summed E-state index contributed by atoms with van der Waals surface area (Å²) in [6.07, 6.45) is 2.53. The van der Waals surface area contributed by atoms with E-state index in [0.717, 1.165) is 6.42 Å². The van der Waals surface area contributed by atoms with E-state index in [-0.39, 0.29) is 11.9 Å². The summed E-state index contributed by atoms with van der Waals surface area (Å²) in [6.45, 7) is 0.512. The lowest BCUT2D eigenvalue weighted by molar-refractivity contribution is 0.0600. The number of methoxy groups -OCH3 is 1. The molecule has 106 valence electrons. The number of amides is 1. The molecule has 1 heterocycles. The Morgan fingerprint density at radius 1 is 1.25 bits per heavy atom. The van der Waals surface area contributed by atoms with E-state index < -0.39 is 0 Å². The lowest BCUT2D eigenvalue weighted by Crippen LogP contribution is -2.41. The quantitative estimate of drug-likeness (QED) is 0.877. The molecule has 1 aromatic heterocycles. The number of hydrogen-bond acceptors (Lipinski definition) is 2. The van der Waals surface area contributed by atoms with Crippen molar-refractivity contribution in [1.82, 2.24) is 9.88 Å². The van der Waals surface area contributed by atoms with E-state index in [1.54, 1.807) is 24.3 Å². The number of hydrogen-bond donors (Lipinski definition) is 1. The van der Waals surface area contributed by atoms with Gasteiger partial charge < -0.3 is 14.6 Å². The van der Waals surface area contributed by atoms with Gasteiger partial charge in [-0.25, -0.2) is 0 Å². The van der Waals surface area contributed by atoms with Crippen LogP contribution >= 0.6 is 0 Å². The van der Waals surface area contributed by atoms with Crippen LogP contribution in [-0.2, 0) is 11.2 Å². The van der Waals surface area contributed by atoms with Crippen molar-refractivity contribution in [3.8, 4) is 0 Å². The van der Waals surface area contributed by atoms with Crippen molar-refractivity contribution in [2.45, 2.75) is 12.5 Å². The molecule has 0 saturated carbocycles. The van der Waals surface area contributed by atoms with Crippen LogP contribution < -0.4 is 0 Å². The Kier molecular flexibility index (Phi) is 4.96. The number of ether oxygens (including phenoxy) is 1. The highest BCUT2D eigenvalue weighted by Crippen LogP contribution is 2.11. The molecule has 0 radical (unpaired) electrons. The lowest BCUT2D eigenvalue weighted by Gasteiger charge is -2.27. The van der Waals surface area contributed by atoms with Gasteiger partial charge in [0.1, 0.15) is 5.69 Å². The normalized spacial score (nSPS) is 12.1. The van der Waals surface area contributed by atoms with Gasteiger partial charge in [0.05, 0.1) is 12.6 Å². The predicted molar refractivity (Wildman–Crippen MR) is 78.7 cm³/mol. The fourth-order valence-corrected chi connectivity index (χ4v) is 2.21. The van der Waals surface area contributed by atoms with Gasteiger partial charge in [-0.15, -0.1) is 0 Å². The summed E-state index contributed by atoms with van der Waals surface area (Å²) >= 11 is 0. The molecule has 0 aliphatic rings. The van der Waals surface area contributed by atoms with E-state index >= 15 is 0 Å². The summed E-state index contributed by atoms with van der Waals surface area (Å²) in [5.41, 5.74) is 1.79. The first-order chi connectivity index (χ1) is 9.72. The highest BCUT2D eigenvalue weighted by atomic mass is 16.5. The molecule has 20 heavy (non-hydrogen) atoms. The number of nitrogens with zero attached hydrogens (tertiary/aromatic N) is 1. The molecule has 0 saturated heterocycles. The number of nitrogens with one attached hydrogen (secondary N) is 1. The van der Waals surface area contributed by atoms with E-state index in [4.69, 9.17) is 4.74 Å². The van der Waals surface area contributed by atoms with E-state index in [2.05, 4.69) is 17.1 Å². The Bertz CT molecular complexity index is 523. The molecule has 1 aromatic carbocycles. The van der Waals surface area contributed by atoms with Crippen LogP contribution in [0.15, 0.2) is 48.7 Å². The van der Waals surface area contributed by atoms with Gasteiger partial charge in [0, 0.05) is 20.4 Å². The van der Waals surface area contributed by atoms with Crippen molar-refractivity contribution in [3.05, 3.63) is 59.9 Å². The minimum Gasteiger partial charge on any atom is -0.383 e. The molecule has 0 aliphatic carbocycles. The Morgan fingerprint density at radius 2 is 2.00 bits per heavy atom. The molecule has 4 heteroatoms. The third kappa shape index (κ3) is 3.48. The molecular weight excluding hydrogens is 252 g/mol. The molecule has 1 amide bonds. The van der Waals surface area contributed by atoms with Crippen molar-refractivity contribution in [2.75, 3.05) is 20.8 Å². The summed E-state index contributed by atoms with van der Waals surface area (Å²) in [5, 5.41) is 0. The van der Waals surface area contributed by atoms with Gasteiger partial charge in [0.25, 0.3) is 5.91 Å². The van der Waals surface area contributed by atoms with Crippen molar-refractivity contribution >= 4 is 5.91 Å². The second-order valence-electron chi connectivity index (χ2n) is 4.80. The van der Waals surface area contributed by atoms with Gasteiger partial charge in [0.15, 0.2) is 0 Å². The molecule has 1 N–H and O–H groups in total. The SMILES string of the molecule is COCC(Cc1ccccc1)N(C)C(=O)c1ccc[nH]1. The van der Waals surface area contributed by atoms with E-state index in [9.17, 15) is 4.79 Å².